The first-order chi connectivity index (χ1) is 8.65. The lowest BCUT2D eigenvalue weighted by molar-refractivity contribution is 0.0643. The molecule has 4 N–H and O–H groups in total. The van der Waals surface area contributed by atoms with E-state index in [2.05, 4.69) is 0 Å². The summed E-state index contributed by atoms with van der Waals surface area (Å²) in [6, 6.07) is 0.785. The molecule has 2 aliphatic carbocycles. The molecule has 20 heavy (non-hydrogen) atoms. The molecule has 2 aliphatic rings. The molecular weight excluding hydrogens is 299 g/mol. The molecule has 0 aromatic carbocycles. The van der Waals surface area contributed by atoms with Gasteiger partial charge in [-0.25, -0.2) is 0 Å². The molecule has 2 saturated carbocycles. The summed E-state index contributed by atoms with van der Waals surface area (Å²) < 4.78 is 10.4. The van der Waals surface area contributed by atoms with Crippen molar-refractivity contribution in [3.8, 4) is 0 Å². The summed E-state index contributed by atoms with van der Waals surface area (Å²) in [4.78, 5) is 0. The Morgan fingerprint density at radius 3 is 1.25 bits per heavy atom. The minimum atomic E-state index is 0. The van der Waals surface area contributed by atoms with Crippen molar-refractivity contribution in [2.75, 3.05) is 14.2 Å². The maximum atomic E-state index is 5.72. The average Bonchev–Trinajstić information content (AvgIpc) is 2.39. The molecule has 0 spiro atoms. The van der Waals surface area contributed by atoms with E-state index >= 15 is 0 Å². The van der Waals surface area contributed by atoms with E-state index in [1.165, 1.54) is 38.5 Å². The predicted octanol–water partition coefficient (Wildman–Crippen LogP) is 2.65. The first kappa shape index (κ1) is 22.7. The van der Waals surface area contributed by atoms with Gasteiger partial charge in [-0.2, -0.15) is 0 Å². The summed E-state index contributed by atoms with van der Waals surface area (Å²) in [6.07, 6.45) is 10.2. The number of rotatable bonds is 2. The van der Waals surface area contributed by atoms with Crippen molar-refractivity contribution in [1.82, 2.24) is 0 Å². The van der Waals surface area contributed by atoms with Crippen LogP contribution in [0.1, 0.15) is 51.4 Å². The summed E-state index contributed by atoms with van der Waals surface area (Å²) in [7, 11) is 3.53. The maximum absolute atomic E-state index is 5.72. The van der Waals surface area contributed by atoms with Gasteiger partial charge in [0.25, 0.3) is 0 Å². The van der Waals surface area contributed by atoms with Crippen LogP contribution in [0.3, 0.4) is 0 Å². The van der Waals surface area contributed by atoms with Gasteiger partial charge >= 0.3 is 0 Å². The third-order valence-corrected chi connectivity index (χ3v) is 4.00. The monoisotopic (exact) mass is 330 g/mol. The van der Waals surface area contributed by atoms with Crippen LogP contribution in [0.5, 0.6) is 0 Å². The van der Waals surface area contributed by atoms with Gasteiger partial charge in [-0.05, 0) is 51.4 Å². The van der Waals surface area contributed by atoms with E-state index in [1.807, 2.05) is 0 Å². The second kappa shape index (κ2) is 13.1. The fourth-order valence-electron chi connectivity index (χ4n) is 2.79. The first-order valence-electron chi connectivity index (χ1n) is 7.22. The molecule has 0 aromatic rings. The SMILES string of the molecule is CO[C@@H]1CCC[C@@H](N)C1.CO[C@H]1CCC[C@H](N)C1.Cl.Cl. The van der Waals surface area contributed by atoms with Crippen LogP contribution in [-0.4, -0.2) is 38.5 Å². The van der Waals surface area contributed by atoms with Crippen LogP contribution in [0.25, 0.3) is 0 Å². The van der Waals surface area contributed by atoms with Crippen LogP contribution in [0.2, 0.25) is 0 Å². The highest BCUT2D eigenvalue weighted by molar-refractivity contribution is 5.85. The number of hydrogen-bond donors (Lipinski definition) is 2. The molecule has 6 heteroatoms. The largest absolute Gasteiger partial charge is 0.381 e. The highest BCUT2D eigenvalue weighted by Gasteiger charge is 2.18. The van der Waals surface area contributed by atoms with Crippen molar-refractivity contribution in [3.05, 3.63) is 0 Å². The summed E-state index contributed by atoms with van der Waals surface area (Å²) >= 11 is 0. The molecule has 0 aromatic heterocycles. The fraction of sp³-hybridized carbons (Fsp3) is 1.00. The van der Waals surface area contributed by atoms with Crippen molar-refractivity contribution in [1.29, 1.82) is 0 Å². The quantitative estimate of drug-likeness (QED) is 0.816. The zero-order chi connectivity index (χ0) is 13.4. The molecule has 2 rings (SSSR count). The lowest BCUT2D eigenvalue weighted by Gasteiger charge is -2.24. The van der Waals surface area contributed by atoms with E-state index in [1.54, 1.807) is 14.2 Å². The minimum absolute atomic E-state index is 0. The van der Waals surface area contributed by atoms with Gasteiger partial charge in [0.1, 0.15) is 0 Å². The minimum Gasteiger partial charge on any atom is -0.381 e. The van der Waals surface area contributed by atoms with Gasteiger partial charge < -0.3 is 20.9 Å². The first-order valence-corrected chi connectivity index (χ1v) is 7.22. The number of ether oxygens (including phenoxy) is 2. The van der Waals surface area contributed by atoms with E-state index in [9.17, 15) is 0 Å². The standard InChI is InChI=1S/2C7H15NO.2ClH/c2*1-9-7-4-2-3-6(8)5-7;;/h2*6-7H,2-5,8H2,1H3;2*1H/t2*6-,7-;;/m10../s1. The second-order valence-electron chi connectivity index (χ2n) is 5.57. The Labute approximate surface area is 136 Å². The highest BCUT2D eigenvalue weighted by Crippen LogP contribution is 2.19. The molecular formula is C14H32Cl2N2O2. The Balaban J connectivity index is 0. The Morgan fingerprint density at radius 1 is 0.700 bits per heavy atom. The number of halogens is 2. The molecule has 0 bridgehead atoms. The Morgan fingerprint density at radius 2 is 1.05 bits per heavy atom. The van der Waals surface area contributed by atoms with Gasteiger partial charge in [0.2, 0.25) is 0 Å². The third kappa shape index (κ3) is 9.37. The molecule has 0 unspecified atom stereocenters. The van der Waals surface area contributed by atoms with Crippen LogP contribution in [0.4, 0.5) is 0 Å². The number of methoxy groups -OCH3 is 2. The summed E-state index contributed by atoms with van der Waals surface area (Å²) in [6.45, 7) is 0. The third-order valence-electron chi connectivity index (χ3n) is 4.00. The van der Waals surface area contributed by atoms with E-state index in [4.69, 9.17) is 20.9 Å². The van der Waals surface area contributed by atoms with Crippen LogP contribution < -0.4 is 11.5 Å². The van der Waals surface area contributed by atoms with Gasteiger partial charge in [-0.15, -0.1) is 24.8 Å². The molecule has 4 nitrogen and oxygen atoms in total. The lowest BCUT2D eigenvalue weighted by Crippen LogP contribution is -2.31. The van der Waals surface area contributed by atoms with Gasteiger partial charge in [0.05, 0.1) is 12.2 Å². The van der Waals surface area contributed by atoms with Crippen molar-refractivity contribution in [2.24, 2.45) is 11.5 Å². The van der Waals surface area contributed by atoms with Crippen molar-refractivity contribution >= 4 is 24.8 Å². The molecule has 4 atom stereocenters. The fourth-order valence-corrected chi connectivity index (χ4v) is 2.79. The zero-order valence-electron chi connectivity index (χ0n) is 12.8. The van der Waals surface area contributed by atoms with Crippen LogP contribution in [0, 0.1) is 0 Å². The topological polar surface area (TPSA) is 70.5 Å². The smallest absolute Gasteiger partial charge is 0.0586 e. The number of nitrogens with two attached hydrogens (primary N) is 2. The predicted molar refractivity (Wildman–Crippen MR) is 89.0 cm³/mol. The Kier molecular flexibility index (Phi) is 14.9. The van der Waals surface area contributed by atoms with Gasteiger partial charge in [0.15, 0.2) is 0 Å². The number of hydrogen-bond acceptors (Lipinski definition) is 4. The normalized spacial score (nSPS) is 33.0. The second-order valence-corrected chi connectivity index (χ2v) is 5.57. The van der Waals surface area contributed by atoms with Gasteiger partial charge in [-0.1, -0.05) is 0 Å². The molecule has 0 aliphatic heterocycles. The zero-order valence-corrected chi connectivity index (χ0v) is 14.4. The van der Waals surface area contributed by atoms with E-state index in [0.29, 0.717) is 24.3 Å². The van der Waals surface area contributed by atoms with E-state index < -0.39 is 0 Å². The molecule has 0 heterocycles. The van der Waals surface area contributed by atoms with Crippen LogP contribution in [0.15, 0.2) is 0 Å². The molecule has 0 saturated heterocycles. The summed E-state index contributed by atoms with van der Waals surface area (Å²) in [5.41, 5.74) is 11.4. The average molecular weight is 331 g/mol. The molecule has 0 radical (unpaired) electrons. The molecule has 124 valence electrons. The van der Waals surface area contributed by atoms with Crippen LogP contribution in [-0.2, 0) is 9.47 Å². The highest BCUT2D eigenvalue weighted by atomic mass is 35.5. The van der Waals surface area contributed by atoms with Crippen molar-refractivity contribution in [3.63, 3.8) is 0 Å². The molecule has 0 amide bonds. The Hall–Kier alpha value is 0.420. The van der Waals surface area contributed by atoms with Crippen molar-refractivity contribution < 1.29 is 9.47 Å². The van der Waals surface area contributed by atoms with Crippen molar-refractivity contribution in [2.45, 2.75) is 75.7 Å². The molecule has 2 fully saturated rings. The summed E-state index contributed by atoms with van der Waals surface area (Å²) in [5, 5.41) is 0. The summed E-state index contributed by atoms with van der Waals surface area (Å²) in [5.74, 6) is 0. The Bertz CT molecular complexity index is 201. The maximum Gasteiger partial charge on any atom is 0.0586 e. The van der Waals surface area contributed by atoms with Crippen LogP contribution >= 0.6 is 24.8 Å². The van der Waals surface area contributed by atoms with Gasteiger partial charge in [-0.3, -0.25) is 0 Å². The van der Waals surface area contributed by atoms with E-state index in [0.717, 1.165) is 12.8 Å². The lowest BCUT2D eigenvalue weighted by atomic mass is 9.94. The van der Waals surface area contributed by atoms with E-state index in [-0.39, 0.29) is 24.8 Å². The van der Waals surface area contributed by atoms with Gasteiger partial charge in [0, 0.05) is 26.3 Å².